The zero-order chi connectivity index (χ0) is 79.7. The van der Waals surface area contributed by atoms with Crippen molar-refractivity contribution in [3.05, 3.63) is 215 Å². The highest BCUT2D eigenvalue weighted by Gasteiger charge is 2.47. The molecule has 3 aromatic heterocycles. The highest BCUT2D eigenvalue weighted by molar-refractivity contribution is 8.03. The Hall–Kier alpha value is -11.3. The smallest absolute Gasteiger partial charge is 0.303 e. The number of hydrogen-bond acceptors (Lipinski definition) is 16. The van der Waals surface area contributed by atoms with Crippen LogP contribution in [-0.4, -0.2) is 105 Å². The van der Waals surface area contributed by atoms with Crippen LogP contribution in [0.5, 0.6) is 0 Å². The summed E-state index contributed by atoms with van der Waals surface area (Å²) in [5.41, 5.74) is 16.1. The molecule has 0 saturated heterocycles. The number of rotatable bonds is 28. The van der Waals surface area contributed by atoms with Gasteiger partial charge in [-0.15, -0.1) is 34.0 Å². The lowest BCUT2D eigenvalue weighted by Gasteiger charge is -2.32. The molecule has 20 nitrogen and oxygen atoms in total. The summed E-state index contributed by atoms with van der Waals surface area (Å²) in [4.78, 5) is 85.7. The first-order chi connectivity index (χ1) is 54.5. The molecular formula is C87H78N8O12S6. The number of nitrogens with zero attached hydrogens (tertiary/aromatic N) is 4. The van der Waals surface area contributed by atoms with Crippen molar-refractivity contribution < 1.29 is 59.4 Å². The SMILES string of the molecule is CCCCNC(=S)Nc1ccc2c(c1)C(CCC(=O)O)(CCC(=O)O)c1cc(-c3nc4ccccc4s3)ccc1-2.CCNC(=S)Nc1ccc2c(c1)C(CCC(=O)O)(CCC(=O)O)c1cc(-c3nc4ccccc4s3)ccc1-2.N#CSc1ccc2c(c1)C(CCC(=O)O)(CCC(=O)O)c1cc(-c3nc4ccccc4s3)ccc1-2. The molecule has 15 rings (SSSR count). The number of para-hydroxylation sites is 3. The van der Waals surface area contributed by atoms with Crippen LogP contribution < -0.4 is 21.3 Å². The Morgan fingerprint density at radius 1 is 0.407 bits per heavy atom. The standard InChI is InChI=1S/C31H31N3O4S2.C29H27N3O4S2.C27H20N2O4S2/c1-2-3-16-32-30(39)33-20-9-11-22-21-10-8-19(29-34-25-6-4-5-7-26(25)40-29)17-23(21)31(24(22)18-20,14-12-27(35)36)15-13-28(37)38;1-2-30-28(37)31-18-8-10-20-19-9-7-17(27-32-23-5-3-4-6-24(23)38-27)15-21(19)29(22(20)16-18,13-11-25(33)34)14-12-26(35)36;28-15-34-17-6-8-19-18-7-5-16(26-29-22-3-1-2-4-23(22)35-26)13-20(18)27(21(19)14-17,11-9-24(30)31)12-10-25(32)33/h4-11,17-18H,2-3,12-16H2,1H3,(H,35,36)(H,37,38)(H2,32,33,39);3-10,15-16H,2,11-14H2,1H3,(H,33,34)(H,35,36)(H2,30,31,37);1-8,13-14H,9-12H2,(H,30,31)(H,32,33). The van der Waals surface area contributed by atoms with Crippen molar-refractivity contribution in [3.63, 3.8) is 0 Å². The van der Waals surface area contributed by atoms with Gasteiger partial charge in [0.2, 0.25) is 0 Å². The number of thiocyanates is 1. The summed E-state index contributed by atoms with van der Waals surface area (Å²) in [6, 6.07) is 60.0. The van der Waals surface area contributed by atoms with Crippen LogP contribution in [0.1, 0.15) is 137 Å². The third-order valence-corrected chi connectivity index (χ3v) is 25.4. The Balaban J connectivity index is 0.000000148. The number of thiocarbonyl (C=S) groups is 2. The molecule has 3 aliphatic carbocycles. The summed E-state index contributed by atoms with van der Waals surface area (Å²) in [5.74, 6) is -5.52. The fourth-order valence-electron chi connectivity index (χ4n) is 15.9. The molecule has 9 aromatic carbocycles. The molecule has 113 heavy (non-hydrogen) atoms. The highest BCUT2D eigenvalue weighted by atomic mass is 32.2. The molecule has 0 atom stereocenters. The topological polar surface area (TPSA) is 334 Å². The number of aromatic nitrogens is 3. The highest BCUT2D eigenvalue weighted by Crippen LogP contribution is 2.59. The Kier molecular flexibility index (Phi) is 24.5. The van der Waals surface area contributed by atoms with Gasteiger partial charge in [0.1, 0.15) is 20.4 Å². The van der Waals surface area contributed by atoms with Crippen molar-refractivity contribution >= 4 is 158 Å². The number of carbonyl (C=O) groups is 6. The number of nitrogens with one attached hydrogen (secondary N) is 4. The van der Waals surface area contributed by atoms with Gasteiger partial charge in [-0.3, -0.25) is 28.8 Å². The van der Waals surface area contributed by atoms with E-state index in [0.29, 0.717) is 16.8 Å². The molecule has 574 valence electrons. The second kappa shape index (κ2) is 34.8. The molecule has 12 aromatic rings. The number of fused-ring (bicyclic) bond motifs is 12. The third kappa shape index (κ3) is 17.2. The fourth-order valence-corrected chi connectivity index (χ4v) is 19.7. The Morgan fingerprint density at radius 3 is 1.02 bits per heavy atom. The van der Waals surface area contributed by atoms with Crippen LogP contribution in [-0.2, 0) is 45.0 Å². The number of anilines is 2. The lowest BCUT2D eigenvalue weighted by molar-refractivity contribution is -0.139. The van der Waals surface area contributed by atoms with Gasteiger partial charge >= 0.3 is 35.8 Å². The zero-order valence-electron chi connectivity index (χ0n) is 61.5. The van der Waals surface area contributed by atoms with Gasteiger partial charge in [0.15, 0.2) is 10.2 Å². The van der Waals surface area contributed by atoms with Crippen LogP contribution in [0.3, 0.4) is 0 Å². The van der Waals surface area contributed by atoms with E-state index in [-0.39, 0.29) is 77.0 Å². The molecule has 3 aliphatic rings. The molecule has 10 N–H and O–H groups in total. The van der Waals surface area contributed by atoms with Crippen molar-refractivity contribution in [2.24, 2.45) is 0 Å². The number of thioether (sulfide) groups is 1. The number of carboxylic acid groups (broad SMARTS) is 6. The fraction of sp³-hybridized carbons (Fsp3) is 0.241. The maximum absolute atomic E-state index is 11.8. The number of benzene rings is 9. The second-order valence-corrected chi connectivity index (χ2v) is 32.8. The predicted molar refractivity (Wildman–Crippen MR) is 456 cm³/mol. The number of aliphatic carboxylic acids is 6. The van der Waals surface area contributed by atoms with E-state index < -0.39 is 52.1 Å². The monoisotopic (exact) mass is 1620 g/mol. The average Bonchev–Trinajstić information content (AvgIpc) is 1.57. The first-order valence-corrected chi connectivity index (χ1v) is 41.0. The lowest BCUT2D eigenvalue weighted by atomic mass is 9.71. The average molecular weight is 1620 g/mol. The first-order valence-electron chi connectivity index (χ1n) is 36.9. The molecule has 0 bridgehead atoms. The maximum Gasteiger partial charge on any atom is 0.303 e. The van der Waals surface area contributed by atoms with Gasteiger partial charge in [-0.25, -0.2) is 15.0 Å². The molecular weight excluding hydrogens is 1540 g/mol. The molecule has 0 aliphatic heterocycles. The van der Waals surface area contributed by atoms with E-state index in [1.807, 2.05) is 165 Å². The lowest BCUT2D eigenvalue weighted by Crippen LogP contribution is -2.30. The first kappa shape index (κ1) is 79.8. The molecule has 0 amide bonds. The third-order valence-electron chi connectivity index (χ3n) is 21.1. The summed E-state index contributed by atoms with van der Waals surface area (Å²) in [7, 11) is 0. The summed E-state index contributed by atoms with van der Waals surface area (Å²) in [6.45, 7) is 5.53. The van der Waals surface area contributed by atoms with E-state index in [2.05, 4.69) is 57.9 Å². The van der Waals surface area contributed by atoms with Gasteiger partial charge in [0, 0.05) is 101 Å². The molecule has 3 heterocycles. The van der Waals surface area contributed by atoms with Crippen molar-refractivity contribution in [2.75, 3.05) is 23.7 Å². The minimum absolute atomic E-state index is 0.0848. The minimum atomic E-state index is -0.931. The summed E-state index contributed by atoms with van der Waals surface area (Å²) >= 11 is 16.7. The number of thiazole rings is 3. The zero-order valence-corrected chi connectivity index (χ0v) is 66.4. The predicted octanol–water partition coefficient (Wildman–Crippen LogP) is 19.8. The second-order valence-electron chi connectivity index (χ2n) is 28.0. The molecule has 0 unspecified atom stereocenters. The van der Waals surface area contributed by atoms with Gasteiger partial charge < -0.3 is 51.9 Å². The van der Waals surface area contributed by atoms with E-state index in [1.165, 1.54) is 0 Å². The Morgan fingerprint density at radius 2 is 0.708 bits per heavy atom. The van der Waals surface area contributed by atoms with E-state index in [0.717, 1.165) is 177 Å². The normalized spacial score (nSPS) is 13.1. The van der Waals surface area contributed by atoms with Gasteiger partial charge in [-0.1, -0.05) is 104 Å². The molecule has 0 spiro atoms. The van der Waals surface area contributed by atoms with Crippen molar-refractivity contribution in [2.45, 2.75) is 125 Å². The molecule has 0 radical (unpaired) electrons. The number of carboxylic acids is 6. The largest absolute Gasteiger partial charge is 0.481 e. The number of nitriles is 1. The summed E-state index contributed by atoms with van der Waals surface area (Å²) in [6.07, 6.45) is 3.17. The summed E-state index contributed by atoms with van der Waals surface area (Å²) < 4.78 is 3.25. The van der Waals surface area contributed by atoms with E-state index in [9.17, 15) is 64.7 Å². The van der Waals surface area contributed by atoms with Crippen LogP contribution in [0.2, 0.25) is 0 Å². The van der Waals surface area contributed by atoms with Crippen molar-refractivity contribution in [1.82, 2.24) is 25.6 Å². The number of unbranched alkanes of at least 4 members (excludes halogenated alkanes) is 1. The molecule has 0 fully saturated rings. The minimum Gasteiger partial charge on any atom is -0.481 e. The van der Waals surface area contributed by atoms with Gasteiger partial charge in [-0.05, 0) is 246 Å². The maximum atomic E-state index is 11.8. The van der Waals surface area contributed by atoms with Gasteiger partial charge in [0.05, 0.1) is 30.6 Å². The van der Waals surface area contributed by atoms with Crippen LogP contribution in [0.4, 0.5) is 11.4 Å². The molecule has 26 heteroatoms. The molecule has 0 saturated carbocycles. The van der Waals surface area contributed by atoms with Crippen molar-refractivity contribution in [3.8, 4) is 70.5 Å². The van der Waals surface area contributed by atoms with Crippen LogP contribution in [0.15, 0.2) is 187 Å². The summed E-state index contributed by atoms with van der Waals surface area (Å²) in [5, 5.41) is 85.4. The van der Waals surface area contributed by atoms with E-state index >= 15 is 0 Å². The van der Waals surface area contributed by atoms with Crippen molar-refractivity contribution in [1.29, 1.82) is 5.26 Å². The van der Waals surface area contributed by atoms with Crippen LogP contribution in [0, 0.1) is 10.7 Å². The van der Waals surface area contributed by atoms with E-state index in [1.54, 1.807) is 34.0 Å². The van der Waals surface area contributed by atoms with Crippen LogP contribution in [0.25, 0.3) is 95.7 Å². The van der Waals surface area contributed by atoms with Gasteiger partial charge in [-0.2, -0.15) is 5.26 Å². The number of hydrogen-bond donors (Lipinski definition) is 10. The van der Waals surface area contributed by atoms with Gasteiger partial charge in [0.25, 0.3) is 0 Å². The Labute approximate surface area is 678 Å². The van der Waals surface area contributed by atoms with E-state index in [4.69, 9.17) is 39.4 Å². The Bertz CT molecular complexity index is 5630. The van der Waals surface area contributed by atoms with Crippen LogP contribution >= 0.6 is 70.2 Å². The quantitative estimate of drug-likeness (QED) is 0.00942.